The molecule has 70 valence electrons. The Morgan fingerprint density at radius 1 is 1.31 bits per heavy atom. The summed E-state index contributed by atoms with van der Waals surface area (Å²) in [7, 11) is 0. The molecule has 2 rings (SSSR count). The van der Waals surface area contributed by atoms with Gasteiger partial charge in [0.1, 0.15) is 5.70 Å². The fourth-order valence-corrected chi connectivity index (χ4v) is 1.44. The second kappa shape index (κ2) is 3.18. The minimum atomic E-state index is -0.327. The van der Waals surface area contributed by atoms with Crippen LogP contribution in [0.2, 0.25) is 0 Å². The van der Waals surface area contributed by atoms with Crippen molar-refractivity contribution < 1.29 is 14.3 Å². The molecule has 0 atom stereocenters. The molecule has 1 saturated heterocycles. The zero-order valence-electron chi connectivity index (χ0n) is 7.08. The molecule has 0 aromatic rings. The number of nitrogens with one attached hydrogen (secondary N) is 1. The van der Waals surface area contributed by atoms with Gasteiger partial charge < -0.3 is 9.64 Å². The molecule has 1 fully saturated rings. The number of carbonyl (C=O) groups excluding carboxylic acids is 2. The summed E-state index contributed by atoms with van der Waals surface area (Å²) >= 11 is 0. The van der Waals surface area contributed by atoms with Gasteiger partial charge in [-0.05, 0) is 0 Å². The minimum Gasteiger partial charge on any atom is -0.378 e. The van der Waals surface area contributed by atoms with Gasteiger partial charge in [0.2, 0.25) is 0 Å². The van der Waals surface area contributed by atoms with Crippen molar-refractivity contribution in [3.8, 4) is 0 Å². The highest BCUT2D eigenvalue weighted by molar-refractivity contribution is 6.15. The number of nitrogens with zero attached hydrogens (tertiary/aromatic N) is 1. The Morgan fingerprint density at radius 2 is 2.00 bits per heavy atom. The van der Waals surface area contributed by atoms with E-state index in [1.165, 1.54) is 6.08 Å². The maximum Gasteiger partial charge on any atom is 0.274 e. The standard InChI is InChI=1S/C8H10N2O3/c11-7-5-6(8(12)9-7)10-1-3-13-4-2-10/h5H,1-4H2,(H,9,11,12). The first-order chi connectivity index (χ1) is 6.27. The Bertz CT molecular complexity index is 279. The zero-order valence-corrected chi connectivity index (χ0v) is 7.08. The fraction of sp³-hybridized carbons (Fsp3) is 0.500. The molecule has 0 unspecified atom stereocenters. The van der Waals surface area contributed by atoms with Gasteiger partial charge in [0.05, 0.1) is 13.2 Å². The molecule has 2 aliphatic rings. The smallest absolute Gasteiger partial charge is 0.274 e. The van der Waals surface area contributed by atoms with Crippen LogP contribution >= 0.6 is 0 Å². The van der Waals surface area contributed by atoms with Crippen molar-refractivity contribution in [3.05, 3.63) is 11.8 Å². The van der Waals surface area contributed by atoms with Crippen molar-refractivity contribution in [2.45, 2.75) is 0 Å². The van der Waals surface area contributed by atoms with Crippen molar-refractivity contribution in [1.82, 2.24) is 10.2 Å². The van der Waals surface area contributed by atoms with Crippen LogP contribution in [0.4, 0.5) is 0 Å². The van der Waals surface area contributed by atoms with E-state index in [1.807, 2.05) is 4.90 Å². The number of hydrogen-bond donors (Lipinski definition) is 1. The first-order valence-corrected chi connectivity index (χ1v) is 4.17. The summed E-state index contributed by atoms with van der Waals surface area (Å²) in [4.78, 5) is 23.9. The van der Waals surface area contributed by atoms with Crippen LogP contribution in [0.15, 0.2) is 11.8 Å². The molecule has 2 aliphatic heterocycles. The van der Waals surface area contributed by atoms with E-state index in [9.17, 15) is 9.59 Å². The molecule has 2 amide bonds. The Hall–Kier alpha value is -1.36. The summed E-state index contributed by atoms with van der Waals surface area (Å²) < 4.78 is 5.14. The van der Waals surface area contributed by atoms with E-state index < -0.39 is 0 Å². The van der Waals surface area contributed by atoms with Crippen molar-refractivity contribution in [2.75, 3.05) is 26.3 Å². The predicted octanol–water partition coefficient (Wildman–Crippen LogP) is -1.14. The van der Waals surface area contributed by atoms with Crippen LogP contribution < -0.4 is 5.32 Å². The zero-order chi connectivity index (χ0) is 9.26. The lowest BCUT2D eigenvalue weighted by atomic mass is 10.3. The van der Waals surface area contributed by atoms with Gasteiger partial charge in [-0.1, -0.05) is 0 Å². The first kappa shape index (κ1) is 8.25. The number of hydrogen-bond acceptors (Lipinski definition) is 4. The summed E-state index contributed by atoms with van der Waals surface area (Å²) in [6.45, 7) is 2.57. The number of rotatable bonds is 1. The van der Waals surface area contributed by atoms with Gasteiger partial charge in [0.25, 0.3) is 11.8 Å². The quantitative estimate of drug-likeness (QED) is 0.521. The third kappa shape index (κ3) is 1.55. The molecule has 2 heterocycles. The van der Waals surface area contributed by atoms with Crippen molar-refractivity contribution in [2.24, 2.45) is 0 Å². The van der Waals surface area contributed by atoms with Crippen LogP contribution in [-0.2, 0) is 14.3 Å². The van der Waals surface area contributed by atoms with Gasteiger partial charge in [0, 0.05) is 19.2 Å². The average Bonchev–Trinajstić information content (AvgIpc) is 2.47. The molecule has 5 nitrogen and oxygen atoms in total. The van der Waals surface area contributed by atoms with Crippen LogP contribution in [0.3, 0.4) is 0 Å². The third-order valence-corrected chi connectivity index (χ3v) is 2.09. The van der Waals surface area contributed by atoms with E-state index >= 15 is 0 Å². The van der Waals surface area contributed by atoms with Gasteiger partial charge in [-0.3, -0.25) is 14.9 Å². The number of morpholine rings is 1. The predicted molar refractivity (Wildman–Crippen MR) is 43.6 cm³/mol. The number of amides is 2. The molecule has 0 radical (unpaired) electrons. The fourth-order valence-electron chi connectivity index (χ4n) is 1.44. The second-order valence-electron chi connectivity index (χ2n) is 2.95. The lowest BCUT2D eigenvalue weighted by Crippen LogP contribution is -2.38. The van der Waals surface area contributed by atoms with Crippen LogP contribution in [0.1, 0.15) is 0 Å². The monoisotopic (exact) mass is 182 g/mol. The third-order valence-electron chi connectivity index (χ3n) is 2.09. The summed E-state index contributed by atoms with van der Waals surface area (Å²) in [6.07, 6.45) is 1.34. The first-order valence-electron chi connectivity index (χ1n) is 4.17. The van der Waals surface area contributed by atoms with E-state index in [4.69, 9.17) is 4.74 Å². The van der Waals surface area contributed by atoms with E-state index in [2.05, 4.69) is 5.32 Å². The molecule has 0 aromatic heterocycles. The number of imide groups is 1. The number of ether oxygens (including phenoxy) is 1. The van der Waals surface area contributed by atoms with Gasteiger partial charge >= 0.3 is 0 Å². The molecule has 13 heavy (non-hydrogen) atoms. The van der Waals surface area contributed by atoms with E-state index in [0.29, 0.717) is 32.0 Å². The summed E-state index contributed by atoms with van der Waals surface area (Å²) in [5.41, 5.74) is 0.466. The Kier molecular flexibility index (Phi) is 2.02. The summed E-state index contributed by atoms with van der Waals surface area (Å²) in [5.74, 6) is -0.626. The second-order valence-corrected chi connectivity index (χ2v) is 2.95. The molecule has 5 heteroatoms. The molecule has 1 N–H and O–H groups in total. The lowest BCUT2D eigenvalue weighted by Gasteiger charge is -2.28. The molecular weight excluding hydrogens is 172 g/mol. The largest absolute Gasteiger partial charge is 0.378 e. The molecule has 0 aliphatic carbocycles. The Labute approximate surface area is 75.3 Å². The SMILES string of the molecule is O=C1C=C(N2CCOCC2)C(=O)N1. The molecule has 0 spiro atoms. The lowest BCUT2D eigenvalue weighted by molar-refractivity contribution is -0.124. The minimum absolute atomic E-state index is 0.299. The molecule has 0 bridgehead atoms. The molecule has 0 saturated carbocycles. The molecule has 0 aromatic carbocycles. The summed E-state index contributed by atoms with van der Waals surface area (Å²) in [6, 6.07) is 0. The van der Waals surface area contributed by atoms with Crippen molar-refractivity contribution in [3.63, 3.8) is 0 Å². The topological polar surface area (TPSA) is 58.6 Å². The highest BCUT2D eigenvalue weighted by atomic mass is 16.5. The highest BCUT2D eigenvalue weighted by Gasteiger charge is 2.26. The Balaban J connectivity index is 2.10. The number of carbonyl (C=O) groups is 2. The van der Waals surface area contributed by atoms with Gasteiger partial charge in [-0.25, -0.2) is 0 Å². The van der Waals surface area contributed by atoms with Crippen LogP contribution in [0.25, 0.3) is 0 Å². The maximum absolute atomic E-state index is 11.2. The summed E-state index contributed by atoms with van der Waals surface area (Å²) in [5, 5.41) is 2.21. The van der Waals surface area contributed by atoms with E-state index in [-0.39, 0.29) is 11.8 Å². The average molecular weight is 182 g/mol. The van der Waals surface area contributed by atoms with Crippen LogP contribution in [-0.4, -0.2) is 43.0 Å². The van der Waals surface area contributed by atoms with Gasteiger partial charge in [0.15, 0.2) is 0 Å². The normalized spacial score (nSPS) is 23.1. The van der Waals surface area contributed by atoms with Crippen LogP contribution in [0, 0.1) is 0 Å². The van der Waals surface area contributed by atoms with Crippen LogP contribution in [0.5, 0.6) is 0 Å². The maximum atomic E-state index is 11.2. The van der Waals surface area contributed by atoms with Gasteiger partial charge in [-0.2, -0.15) is 0 Å². The van der Waals surface area contributed by atoms with E-state index in [0.717, 1.165) is 0 Å². The van der Waals surface area contributed by atoms with Crippen molar-refractivity contribution in [1.29, 1.82) is 0 Å². The Morgan fingerprint density at radius 3 is 2.54 bits per heavy atom. The van der Waals surface area contributed by atoms with E-state index in [1.54, 1.807) is 0 Å². The van der Waals surface area contributed by atoms with Gasteiger partial charge in [-0.15, -0.1) is 0 Å². The highest BCUT2D eigenvalue weighted by Crippen LogP contribution is 2.11. The van der Waals surface area contributed by atoms with Crippen molar-refractivity contribution >= 4 is 11.8 Å². The molecular formula is C8H10N2O3.